The first-order valence-electron chi connectivity index (χ1n) is 33.0. The molecule has 0 radical (unpaired) electrons. The molecule has 0 aliphatic heterocycles. The maximum Gasteiger partial charge on any atom is 0.336 e. The molecular formula is C85H65NO24S2. The largest absolute Gasteiger partial charge is 0.508 e. The second kappa shape index (κ2) is 35.7. The minimum atomic E-state index is -1.25. The van der Waals surface area contributed by atoms with Gasteiger partial charge in [0.25, 0.3) is 0 Å². The van der Waals surface area contributed by atoms with Gasteiger partial charge in [-0.2, -0.15) is 0 Å². The minimum Gasteiger partial charge on any atom is -0.508 e. The van der Waals surface area contributed by atoms with Crippen LogP contribution in [0.2, 0.25) is 0 Å². The molecule has 2 aliphatic rings. The number of rotatable bonds is 12. The van der Waals surface area contributed by atoms with E-state index < -0.39 is 41.0 Å². The van der Waals surface area contributed by atoms with E-state index in [1.54, 1.807) is 54.6 Å². The van der Waals surface area contributed by atoms with E-state index in [0.717, 1.165) is 29.7 Å². The molecule has 0 heterocycles. The van der Waals surface area contributed by atoms with Gasteiger partial charge >= 0.3 is 17.9 Å². The molecule has 0 amide bonds. The smallest absolute Gasteiger partial charge is 0.336 e. The SMILES string of the molecule is COc1c(O)ccc(C(=O)c2ccccc2C(=O)O)c1O.Nc1c(O)ccc(C(=O)c2ccccc2C(=O)O)c1O.O=C(O)c1ccccc1C(=O)c1ccc(S)cc1S.O=C(c1ccc(O)cc1)c1ccc(O)cc1O.O=C1c2ccccc2CCc2cc(O)cc(O)c21.O=C1c2ccccc2Cc2cc(O)cc(O)c21. The van der Waals surface area contributed by atoms with Crippen molar-refractivity contribution >= 4 is 83.6 Å². The molecule has 0 saturated carbocycles. The number of fused-ring (bicyclic) bond motifs is 4. The Morgan fingerprint density at radius 3 is 1.22 bits per heavy atom. The molecule has 16 N–H and O–H groups in total. The number of carboxylic acid groups (broad SMARTS) is 3. The van der Waals surface area contributed by atoms with E-state index in [1.165, 1.54) is 141 Å². The molecule has 0 fully saturated rings. The summed E-state index contributed by atoms with van der Waals surface area (Å²) < 4.78 is 4.81. The van der Waals surface area contributed by atoms with Crippen molar-refractivity contribution in [2.45, 2.75) is 29.1 Å². The van der Waals surface area contributed by atoms with Crippen LogP contribution in [0.15, 0.2) is 240 Å². The van der Waals surface area contributed by atoms with Crippen LogP contribution in [0.5, 0.6) is 69.0 Å². The lowest BCUT2D eigenvalue weighted by molar-refractivity contribution is 0.0683. The Morgan fingerprint density at radius 1 is 0.339 bits per heavy atom. The number of aromatic carboxylic acids is 3. The van der Waals surface area contributed by atoms with Crippen molar-refractivity contribution in [3.63, 3.8) is 0 Å². The van der Waals surface area contributed by atoms with Gasteiger partial charge in [0.1, 0.15) is 51.7 Å². The number of carbonyl (C=O) groups excluding carboxylic acids is 6. The maximum absolute atomic E-state index is 12.4. The van der Waals surface area contributed by atoms with Gasteiger partial charge < -0.3 is 82.0 Å². The van der Waals surface area contributed by atoms with E-state index in [2.05, 4.69) is 25.3 Å². The molecule has 0 unspecified atom stereocenters. The first-order chi connectivity index (χ1) is 53.3. The lowest BCUT2D eigenvalue weighted by Gasteiger charge is -2.19. The quantitative estimate of drug-likeness (QED) is 0.0234. The summed E-state index contributed by atoms with van der Waals surface area (Å²) in [6.07, 6.45) is 1.93. The van der Waals surface area contributed by atoms with Gasteiger partial charge in [0.05, 0.1) is 51.6 Å². The number of ketones is 6. The molecule has 27 heteroatoms. The summed E-state index contributed by atoms with van der Waals surface area (Å²) in [6.45, 7) is 0. The maximum atomic E-state index is 12.4. The van der Waals surface area contributed by atoms with Gasteiger partial charge in [-0.3, -0.25) is 28.8 Å². The van der Waals surface area contributed by atoms with E-state index in [4.69, 9.17) is 36.0 Å². The second-order valence-electron chi connectivity index (χ2n) is 24.4. The summed E-state index contributed by atoms with van der Waals surface area (Å²) in [5.41, 5.74) is 10.4. The number of aryl methyl sites for hydroxylation is 2. The Morgan fingerprint density at radius 2 is 0.732 bits per heavy atom. The Balaban J connectivity index is 0.000000154. The molecule has 0 aromatic heterocycles. The number of phenolic OH excluding ortho intramolecular Hbond substituents is 11. The molecule has 14 rings (SSSR count). The summed E-state index contributed by atoms with van der Waals surface area (Å²) in [4.78, 5) is 108. The first kappa shape index (κ1) is 81.3. The summed E-state index contributed by atoms with van der Waals surface area (Å²) in [6, 6.07) is 56.8. The van der Waals surface area contributed by atoms with Gasteiger partial charge in [-0.05, 0) is 151 Å². The number of hydrogen-bond acceptors (Lipinski definition) is 24. The summed E-state index contributed by atoms with van der Waals surface area (Å²) in [5.74, 6) is -8.76. The average Bonchev–Trinajstić information content (AvgIpc) is 1.39. The number of hydrogen-bond donors (Lipinski definition) is 17. The van der Waals surface area contributed by atoms with Crippen LogP contribution in [0.4, 0.5) is 5.69 Å². The molecule has 0 spiro atoms. The van der Waals surface area contributed by atoms with Gasteiger partial charge in [-0.15, -0.1) is 25.3 Å². The molecule has 0 atom stereocenters. The van der Waals surface area contributed by atoms with E-state index in [9.17, 15) is 89.1 Å². The summed E-state index contributed by atoms with van der Waals surface area (Å²) in [7, 11) is 1.23. The number of phenols is 11. The number of nitrogen functional groups attached to an aromatic ring is 1. The number of nitrogens with two attached hydrogens (primary N) is 1. The average molecular weight is 1550 g/mol. The van der Waals surface area contributed by atoms with Gasteiger partial charge in [-0.25, -0.2) is 14.4 Å². The van der Waals surface area contributed by atoms with Crippen molar-refractivity contribution in [2.75, 3.05) is 12.8 Å². The van der Waals surface area contributed by atoms with E-state index >= 15 is 0 Å². The predicted molar refractivity (Wildman–Crippen MR) is 413 cm³/mol. The van der Waals surface area contributed by atoms with Crippen LogP contribution in [0, 0.1) is 0 Å². The number of anilines is 1. The van der Waals surface area contributed by atoms with Crippen molar-refractivity contribution in [3.05, 3.63) is 336 Å². The number of benzene rings is 12. The van der Waals surface area contributed by atoms with Crippen molar-refractivity contribution in [3.8, 4) is 69.0 Å². The number of ether oxygens (including phenoxy) is 1. The topological polar surface area (TPSA) is 472 Å². The first-order valence-corrected chi connectivity index (χ1v) is 33.9. The lowest BCUT2D eigenvalue weighted by Crippen LogP contribution is -2.14. The van der Waals surface area contributed by atoms with Gasteiger partial charge in [0.2, 0.25) is 5.75 Å². The zero-order valence-corrected chi connectivity index (χ0v) is 60.2. The van der Waals surface area contributed by atoms with Crippen LogP contribution in [0.25, 0.3) is 0 Å². The van der Waals surface area contributed by atoms with Gasteiger partial charge in [-0.1, -0.05) is 103 Å². The number of methoxy groups -OCH3 is 1. The number of aromatic hydroxyl groups is 11. The molecule has 0 bridgehead atoms. The van der Waals surface area contributed by atoms with Gasteiger partial charge in [0, 0.05) is 66.9 Å². The van der Waals surface area contributed by atoms with Crippen LogP contribution >= 0.6 is 25.3 Å². The molecule has 0 saturated heterocycles. The predicted octanol–water partition coefficient (Wildman–Crippen LogP) is 13.5. The lowest BCUT2D eigenvalue weighted by atomic mass is 9.84. The standard InChI is InChI=1S/C15H12O6.C15H12O3.C14H11NO5.C14H10O3S2.C14H10O3.C13H10O4/c1-21-14-11(16)7-6-10(13(14)18)12(17)8-4-2-3-5-9(8)15(19)20;16-11-7-10-6-5-9-3-1-2-4-12(9)15(18)14(10)13(17)8-11;15-11-10(16)6-5-9(13(11)18)12(17)7-3-1-2-4-8(7)14(19)20;15-13(11-6-5-8(18)7-12(11)19)9-3-1-2-4-10(9)14(16)17;15-10-6-9-5-8-3-1-2-4-11(8)14(17)13(9)12(16)7-10;14-9-3-1-8(2-4-9)13(17)11-6-5-10(15)7-12(11)16/h2-7,16,18H,1H3,(H,19,20);1-4,7-8,16-17H,5-6H2;1-6,16,18H,15H2,(H,19,20);1-7,18-19H,(H,16,17);1-4,6-7,15-16H,5H2;1-7,14-16H. The normalized spacial score (nSPS) is 11.2. The second-order valence-corrected chi connectivity index (χ2v) is 25.4. The van der Waals surface area contributed by atoms with Crippen LogP contribution in [-0.2, 0) is 19.3 Å². The Hall–Kier alpha value is -14.8. The molecule has 2 aliphatic carbocycles. The van der Waals surface area contributed by atoms with Gasteiger partial charge in [0.15, 0.2) is 51.9 Å². The number of carboxylic acids is 3. The summed E-state index contributed by atoms with van der Waals surface area (Å²) in [5, 5.41) is 132. The van der Waals surface area contributed by atoms with Crippen molar-refractivity contribution in [1.29, 1.82) is 0 Å². The van der Waals surface area contributed by atoms with Crippen molar-refractivity contribution in [1.82, 2.24) is 0 Å². The van der Waals surface area contributed by atoms with Crippen LogP contribution in [0.3, 0.4) is 0 Å². The van der Waals surface area contributed by atoms with Crippen molar-refractivity contribution in [2.24, 2.45) is 0 Å². The van der Waals surface area contributed by atoms with Crippen LogP contribution in [0.1, 0.15) is 149 Å². The zero-order chi connectivity index (χ0) is 81.5. The Bertz CT molecular complexity index is 5740. The Labute approximate surface area is 646 Å². The summed E-state index contributed by atoms with van der Waals surface area (Å²) >= 11 is 8.38. The minimum absolute atomic E-state index is 0.00925. The monoisotopic (exact) mass is 1550 g/mol. The highest BCUT2D eigenvalue weighted by Gasteiger charge is 2.29. The third kappa shape index (κ3) is 18.6. The molecule has 12 aromatic rings. The van der Waals surface area contributed by atoms with E-state index in [0.29, 0.717) is 67.1 Å². The zero-order valence-electron chi connectivity index (χ0n) is 58.4. The number of thiol groups is 2. The molecule has 112 heavy (non-hydrogen) atoms. The van der Waals surface area contributed by atoms with Crippen molar-refractivity contribution < 1.29 is 119 Å². The molecule has 566 valence electrons. The highest BCUT2D eigenvalue weighted by atomic mass is 32.1. The fraction of sp³-hybridized carbons (Fsp3) is 0.0471. The molecule has 25 nitrogen and oxygen atoms in total. The van der Waals surface area contributed by atoms with Crippen LogP contribution < -0.4 is 10.5 Å². The number of carbonyl (C=O) groups is 9. The molecule has 12 aromatic carbocycles. The van der Waals surface area contributed by atoms with E-state index in [-0.39, 0.29) is 136 Å². The Kier molecular flexibility index (Phi) is 25.9. The third-order valence-electron chi connectivity index (χ3n) is 17.2. The van der Waals surface area contributed by atoms with E-state index in [1.807, 2.05) is 30.3 Å². The highest BCUT2D eigenvalue weighted by Crippen LogP contribution is 2.41. The fourth-order valence-electron chi connectivity index (χ4n) is 11.8. The highest BCUT2D eigenvalue weighted by molar-refractivity contribution is 7.81. The van der Waals surface area contributed by atoms with Crippen LogP contribution in [-0.4, -0.2) is 131 Å². The third-order valence-corrected chi connectivity index (χ3v) is 17.8. The molecular weight excluding hydrogens is 1480 g/mol. The fourth-order valence-corrected chi connectivity index (χ4v) is 12.4.